The number of hydrogen-bond donors (Lipinski definition) is 0. The highest BCUT2D eigenvalue weighted by Gasteiger charge is 2.20. The van der Waals surface area contributed by atoms with Crippen LogP contribution in [0.15, 0.2) is 283 Å². The molecule has 0 spiro atoms. The van der Waals surface area contributed by atoms with Crippen LogP contribution in [0.5, 0.6) is 0 Å². The molecule has 0 bridgehead atoms. The third-order valence-electron chi connectivity index (χ3n) is 15.4. The summed E-state index contributed by atoms with van der Waals surface area (Å²) in [6, 6.07) is 102. The Morgan fingerprint density at radius 1 is 0.253 bits per heavy atom. The van der Waals surface area contributed by atoms with Crippen molar-refractivity contribution in [3.63, 3.8) is 0 Å². The number of nitrogens with zero attached hydrogens (tertiary/aromatic N) is 2. The van der Waals surface area contributed by atoms with Gasteiger partial charge in [0.15, 0.2) is 0 Å². The molecule has 0 saturated heterocycles. The van der Waals surface area contributed by atoms with Gasteiger partial charge in [0.1, 0.15) is 11.2 Å². The molecular weight excluding hydrogens is 909 g/mol. The molecule has 13 aromatic carbocycles. The second kappa shape index (κ2) is 17.4. The Morgan fingerprint density at radius 2 is 0.720 bits per heavy atom. The first kappa shape index (κ1) is 42.7. The van der Waals surface area contributed by atoms with Gasteiger partial charge in [-0.25, -0.2) is 0 Å². The highest BCUT2D eigenvalue weighted by molar-refractivity contribution is 6.26. The van der Waals surface area contributed by atoms with Gasteiger partial charge in [0.2, 0.25) is 0 Å². The third-order valence-corrected chi connectivity index (χ3v) is 15.4. The molecule has 350 valence electrons. The lowest BCUT2D eigenvalue weighted by atomic mass is 9.94. The van der Waals surface area contributed by atoms with Crippen molar-refractivity contribution < 1.29 is 4.42 Å². The van der Waals surface area contributed by atoms with E-state index in [-0.39, 0.29) is 0 Å². The van der Waals surface area contributed by atoms with Gasteiger partial charge in [-0.1, -0.05) is 212 Å². The van der Waals surface area contributed by atoms with E-state index < -0.39 is 0 Å². The number of anilines is 3. The zero-order valence-corrected chi connectivity index (χ0v) is 40.9. The standard InChI is InChI=1S/C72H46N2O/c1-2-16-47(17-3-1)51-36-42-56(70(45-51)74-68-29-11-8-24-63(68)64-25-9-12-30-69(64)74)49-34-39-54(40-35-49)73(55-41-43-62-60-22-5-4-20-58(60)59-21-6-7-23-61(59)67(62)46-55)53-37-32-48(33-38-53)50-18-14-19-52(44-50)57-27-15-28-66-65-26-10-13-31-71(65)75-72(57)66/h1-46H. The summed E-state index contributed by atoms with van der Waals surface area (Å²) in [6.45, 7) is 0. The molecule has 2 heterocycles. The van der Waals surface area contributed by atoms with Crippen molar-refractivity contribution >= 4 is 93.1 Å². The molecule has 0 aliphatic heterocycles. The summed E-state index contributed by atoms with van der Waals surface area (Å²) in [7, 11) is 0. The molecule has 0 saturated carbocycles. The lowest BCUT2D eigenvalue weighted by Crippen LogP contribution is -2.10. The van der Waals surface area contributed by atoms with Gasteiger partial charge in [-0.3, -0.25) is 0 Å². The summed E-state index contributed by atoms with van der Waals surface area (Å²) < 4.78 is 8.93. The molecule has 0 unspecified atom stereocenters. The predicted molar refractivity (Wildman–Crippen MR) is 317 cm³/mol. The van der Waals surface area contributed by atoms with Crippen molar-refractivity contribution in [1.29, 1.82) is 0 Å². The van der Waals surface area contributed by atoms with Gasteiger partial charge in [0.25, 0.3) is 0 Å². The lowest BCUT2D eigenvalue weighted by Gasteiger charge is -2.27. The molecule has 75 heavy (non-hydrogen) atoms. The van der Waals surface area contributed by atoms with Crippen LogP contribution < -0.4 is 4.90 Å². The van der Waals surface area contributed by atoms with Crippen molar-refractivity contribution in [2.24, 2.45) is 0 Å². The fraction of sp³-hybridized carbons (Fsp3) is 0. The van der Waals surface area contributed by atoms with Crippen molar-refractivity contribution in [2.45, 2.75) is 0 Å². The number of rotatable bonds is 8. The molecule has 0 fully saturated rings. The van der Waals surface area contributed by atoms with Crippen molar-refractivity contribution in [2.75, 3.05) is 4.90 Å². The highest BCUT2D eigenvalue weighted by Crippen LogP contribution is 2.44. The van der Waals surface area contributed by atoms with Crippen LogP contribution in [0.3, 0.4) is 0 Å². The minimum atomic E-state index is 0.903. The van der Waals surface area contributed by atoms with Gasteiger partial charge in [-0.2, -0.15) is 0 Å². The Hall–Kier alpha value is -9.96. The topological polar surface area (TPSA) is 21.3 Å². The number of fused-ring (bicyclic) bond motifs is 12. The van der Waals surface area contributed by atoms with Gasteiger partial charge >= 0.3 is 0 Å². The first-order valence-electron chi connectivity index (χ1n) is 25.7. The molecule has 3 heteroatoms. The van der Waals surface area contributed by atoms with Crippen molar-refractivity contribution in [3.8, 4) is 50.2 Å². The monoisotopic (exact) mass is 954 g/mol. The largest absolute Gasteiger partial charge is 0.455 e. The minimum Gasteiger partial charge on any atom is -0.455 e. The van der Waals surface area contributed by atoms with Crippen LogP contribution in [0.25, 0.3) is 126 Å². The molecule has 15 rings (SSSR count). The Morgan fingerprint density at radius 3 is 1.40 bits per heavy atom. The van der Waals surface area contributed by atoms with Gasteiger partial charge < -0.3 is 13.9 Å². The first-order valence-corrected chi connectivity index (χ1v) is 25.7. The van der Waals surface area contributed by atoms with Crippen molar-refractivity contribution in [3.05, 3.63) is 279 Å². The molecule has 15 aromatic rings. The number of aromatic nitrogens is 1. The van der Waals surface area contributed by atoms with Crippen LogP contribution in [0.2, 0.25) is 0 Å². The van der Waals surface area contributed by atoms with Crippen LogP contribution in [-0.2, 0) is 0 Å². The summed E-state index contributed by atoms with van der Waals surface area (Å²) in [6.07, 6.45) is 0. The Balaban J connectivity index is 0.872. The Kier molecular flexibility index (Phi) is 9.89. The fourth-order valence-corrected chi connectivity index (χ4v) is 11.9. The zero-order chi connectivity index (χ0) is 49.4. The Bertz CT molecular complexity index is 4610. The van der Waals surface area contributed by atoms with E-state index in [0.717, 1.165) is 78.1 Å². The summed E-state index contributed by atoms with van der Waals surface area (Å²) in [5.41, 5.74) is 17.7. The molecule has 0 aliphatic rings. The quantitative estimate of drug-likeness (QED) is 0.142. The van der Waals surface area contributed by atoms with E-state index in [0.29, 0.717) is 0 Å². The van der Waals surface area contributed by atoms with E-state index in [4.69, 9.17) is 4.42 Å². The van der Waals surface area contributed by atoms with Gasteiger partial charge in [-0.15, -0.1) is 0 Å². The zero-order valence-electron chi connectivity index (χ0n) is 40.9. The maximum atomic E-state index is 6.48. The first-order chi connectivity index (χ1) is 37.2. The molecule has 0 N–H and O–H groups in total. The van der Waals surface area contributed by atoms with Crippen LogP contribution in [0.4, 0.5) is 17.1 Å². The predicted octanol–water partition coefficient (Wildman–Crippen LogP) is 20.3. The Labute approximate surface area is 434 Å². The fourth-order valence-electron chi connectivity index (χ4n) is 11.9. The van der Waals surface area contributed by atoms with E-state index in [2.05, 4.69) is 276 Å². The van der Waals surface area contributed by atoms with Crippen molar-refractivity contribution in [1.82, 2.24) is 4.57 Å². The smallest absolute Gasteiger partial charge is 0.143 e. The molecule has 3 nitrogen and oxygen atoms in total. The van der Waals surface area contributed by atoms with E-state index in [1.165, 1.54) is 65.3 Å². The molecule has 0 radical (unpaired) electrons. The van der Waals surface area contributed by atoms with E-state index in [1.54, 1.807) is 0 Å². The van der Waals surface area contributed by atoms with E-state index in [1.807, 2.05) is 12.1 Å². The van der Waals surface area contributed by atoms with E-state index in [9.17, 15) is 0 Å². The number of hydrogen-bond acceptors (Lipinski definition) is 2. The average molecular weight is 955 g/mol. The van der Waals surface area contributed by atoms with Crippen LogP contribution >= 0.6 is 0 Å². The van der Waals surface area contributed by atoms with Gasteiger partial charge in [0.05, 0.1) is 16.7 Å². The van der Waals surface area contributed by atoms with Gasteiger partial charge in [-0.05, 0) is 132 Å². The minimum absolute atomic E-state index is 0.903. The maximum absolute atomic E-state index is 6.48. The van der Waals surface area contributed by atoms with Crippen LogP contribution in [0, 0.1) is 0 Å². The second-order valence-electron chi connectivity index (χ2n) is 19.6. The molecule has 0 atom stereocenters. The summed E-state index contributed by atoms with van der Waals surface area (Å²) >= 11 is 0. The normalized spacial score (nSPS) is 11.7. The average Bonchev–Trinajstić information content (AvgIpc) is 4.07. The van der Waals surface area contributed by atoms with Gasteiger partial charge in [0, 0.05) is 49.7 Å². The molecule has 2 aromatic heterocycles. The highest BCUT2D eigenvalue weighted by atomic mass is 16.3. The maximum Gasteiger partial charge on any atom is 0.143 e. The number of furan rings is 1. The molecule has 0 amide bonds. The third kappa shape index (κ3) is 7.05. The summed E-state index contributed by atoms with van der Waals surface area (Å²) in [5.74, 6) is 0. The molecule has 0 aliphatic carbocycles. The van der Waals surface area contributed by atoms with Crippen LogP contribution in [-0.4, -0.2) is 4.57 Å². The van der Waals surface area contributed by atoms with E-state index >= 15 is 0 Å². The summed E-state index contributed by atoms with van der Waals surface area (Å²) in [5, 5.41) is 12.2. The SMILES string of the molecule is c1ccc(-c2ccc(-c3ccc(N(c4ccc(-c5cccc(-c6cccc7c6oc6ccccc67)c5)cc4)c4ccc5c6ccccc6c6ccccc6c5c4)cc3)c(-n3c4ccccc4c4ccccc43)c2)cc1. The van der Waals surface area contributed by atoms with Crippen LogP contribution in [0.1, 0.15) is 0 Å². The molecular formula is C72H46N2O. The number of para-hydroxylation sites is 4. The summed E-state index contributed by atoms with van der Waals surface area (Å²) in [4.78, 5) is 2.40. The number of benzene rings is 13. The lowest BCUT2D eigenvalue weighted by molar-refractivity contribution is 0.670. The second-order valence-corrected chi connectivity index (χ2v) is 19.6.